The van der Waals surface area contributed by atoms with Gasteiger partial charge in [0, 0.05) is 31.7 Å². The summed E-state index contributed by atoms with van der Waals surface area (Å²) in [6, 6.07) is 5.30. The standard InChI is InChI=1S/C32H39Cl2F3N16O6/c33-20-24(40)50-22(38)17(48-20)26(55)52-30(42)46-11-3-1-9-44-16(54)13-14-5-7-15(8-6-14)19(59-29(58)32(35,36)37)28(57)45-10-2-4-12-47-31(43)53-27(56)18-23(39)51-25(41)21(34)49-18/h5-8,19H,1-4,9-13H2,(H,44,54)(H,45,57)(H4,38,40,50)(H4,39,41,51)(H3,42,46,52,55)(H3,43,47,53,56). The van der Waals surface area contributed by atoms with Crippen molar-refractivity contribution in [3.63, 3.8) is 0 Å². The first-order chi connectivity index (χ1) is 27.8. The Morgan fingerprint density at radius 3 is 1.53 bits per heavy atom. The Hall–Kier alpha value is -6.76. The normalized spacial score (nSPS) is 12.3. The Balaban J connectivity index is 1.43. The Kier molecular flexibility index (Phi) is 17.1. The summed E-state index contributed by atoms with van der Waals surface area (Å²) in [6.45, 7) is 0.666. The first-order valence-electron chi connectivity index (χ1n) is 17.1. The van der Waals surface area contributed by atoms with Crippen molar-refractivity contribution in [3.8, 4) is 0 Å². The third-order valence-electron chi connectivity index (χ3n) is 7.44. The number of esters is 1. The topological polar surface area (TPSA) is 375 Å². The molecule has 0 aliphatic rings. The van der Waals surface area contributed by atoms with Crippen LogP contribution in [0.1, 0.15) is 63.9 Å². The molecule has 16 N–H and O–H groups in total. The average molecular weight is 872 g/mol. The van der Waals surface area contributed by atoms with Gasteiger partial charge in [-0.15, -0.1) is 0 Å². The lowest BCUT2D eigenvalue weighted by molar-refractivity contribution is -0.205. The zero-order chi connectivity index (χ0) is 43.9. The van der Waals surface area contributed by atoms with E-state index < -0.39 is 36.0 Å². The zero-order valence-electron chi connectivity index (χ0n) is 30.7. The maximum Gasteiger partial charge on any atom is 0.490 e. The highest BCUT2D eigenvalue weighted by Gasteiger charge is 2.43. The van der Waals surface area contributed by atoms with Gasteiger partial charge in [0.15, 0.2) is 56.9 Å². The quantitative estimate of drug-likeness (QED) is 0.0365. The fraction of sp³-hybridized carbons (Fsp3) is 0.344. The molecular formula is C32H39Cl2F3N16O6. The number of guanidine groups is 2. The van der Waals surface area contributed by atoms with Gasteiger partial charge in [-0.05, 0) is 31.2 Å². The molecule has 0 radical (unpaired) electrons. The second-order valence-corrected chi connectivity index (χ2v) is 12.7. The summed E-state index contributed by atoms with van der Waals surface area (Å²) in [5.41, 5.74) is 33.3. The summed E-state index contributed by atoms with van der Waals surface area (Å²) in [6.07, 6.45) is -5.85. The smallest absolute Gasteiger partial charge is 0.441 e. The molecule has 0 aliphatic heterocycles. The molecule has 318 valence electrons. The number of unbranched alkanes of at least 4 members (excludes halogenated alkanes) is 2. The van der Waals surface area contributed by atoms with E-state index in [2.05, 4.69) is 55.9 Å². The number of anilines is 4. The lowest BCUT2D eigenvalue weighted by atomic mass is 10.0. The van der Waals surface area contributed by atoms with Gasteiger partial charge in [-0.3, -0.25) is 19.2 Å². The summed E-state index contributed by atoms with van der Waals surface area (Å²) in [5.74, 6) is -7.26. The van der Waals surface area contributed by atoms with Crippen molar-refractivity contribution in [2.45, 2.75) is 44.4 Å². The van der Waals surface area contributed by atoms with Gasteiger partial charge in [-0.25, -0.2) is 24.7 Å². The number of benzene rings is 1. The molecule has 3 rings (SSSR count). The molecule has 1 atom stereocenters. The Morgan fingerprint density at radius 2 is 1.08 bits per heavy atom. The highest BCUT2D eigenvalue weighted by molar-refractivity contribution is 6.32. The molecule has 1 unspecified atom stereocenters. The minimum Gasteiger partial charge on any atom is -0.441 e. The van der Waals surface area contributed by atoms with Crippen molar-refractivity contribution in [1.29, 1.82) is 0 Å². The highest BCUT2D eigenvalue weighted by atomic mass is 35.5. The fourth-order valence-electron chi connectivity index (χ4n) is 4.57. The van der Waals surface area contributed by atoms with E-state index in [1.807, 2.05) is 0 Å². The van der Waals surface area contributed by atoms with Crippen molar-refractivity contribution < 1.29 is 41.9 Å². The molecule has 22 nitrogen and oxygen atoms in total. The number of aliphatic imine (C=N–C) groups is 2. The number of nitrogens with zero attached hydrogens (tertiary/aromatic N) is 6. The number of hydrogen-bond acceptors (Lipinski definition) is 14. The van der Waals surface area contributed by atoms with Gasteiger partial charge < -0.3 is 60.4 Å². The molecule has 59 heavy (non-hydrogen) atoms. The minimum absolute atomic E-state index is 0.0486. The predicted octanol–water partition coefficient (Wildman–Crippen LogP) is -0.126. The zero-order valence-corrected chi connectivity index (χ0v) is 32.2. The largest absolute Gasteiger partial charge is 0.490 e. The second-order valence-electron chi connectivity index (χ2n) is 12.0. The molecule has 0 aliphatic carbocycles. The molecule has 0 fully saturated rings. The number of nitrogen functional groups attached to an aromatic ring is 4. The van der Waals surface area contributed by atoms with E-state index in [4.69, 9.17) is 57.6 Å². The summed E-state index contributed by atoms with van der Waals surface area (Å²) in [5, 5.41) is 10.0. The van der Waals surface area contributed by atoms with Crippen molar-refractivity contribution in [1.82, 2.24) is 41.2 Å². The van der Waals surface area contributed by atoms with Crippen molar-refractivity contribution in [2.24, 2.45) is 21.5 Å². The lowest BCUT2D eigenvalue weighted by Crippen LogP contribution is -2.36. The molecule has 1 aromatic carbocycles. The van der Waals surface area contributed by atoms with Crippen LogP contribution in [0, 0.1) is 0 Å². The fourth-order valence-corrected chi connectivity index (χ4v) is 4.83. The molecular weight excluding hydrogens is 832 g/mol. The first kappa shape index (κ1) is 46.6. The van der Waals surface area contributed by atoms with Gasteiger partial charge >= 0.3 is 24.0 Å². The van der Waals surface area contributed by atoms with Gasteiger partial charge in [0.2, 0.25) is 12.0 Å². The van der Waals surface area contributed by atoms with Crippen molar-refractivity contribution >= 4 is 88.0 Å². The van der Waals surface area contributed by atoms with Gasteiger partial charge in [0.05, 0.1) is 6.42 Å². The maximum atomic E-state index is 13.1. The predicted molar refractivity (Wildman–Crippen MR) is 209 cm³/mol. The van der Waals surface area contributed by atoms with Crippen LogP contribution in [0.25, 0.3) is 0 Å². The molecule has 27 heteroatoms. The molecule has 2 heterocycles. The van der Waals surface area contributed by atoms with E-state index in [0.29, 0.717) is 31.4 Å². The number of nitrogens with two attached hydrogens (primary N) is 6. The molecule has 2 aromatic heterocycles. The molecule has 0 saturated carbocycles. The molecule has 0 bridgehead atoms. The van der Waals surface area contributed by atoms with Crippen LogP contribution < -0.4 is 55.7 Å². The SMILES string of the molecule is NC(=NC(=O)c1nc(Cl)c(N)nc1N)NCCCCNC(=O)Cc1ccc(C(OC(=O)C(F)(F)F)C(=O)NCCCCNC(N)=NC(=O)c2nc(Cl)c(N)nc2N)cc1. The first-order valence-corrected chi connectivity index (χ1v) is 17.8. The highest BCUT2D eigenvalue weighted by Crippen LogP contribution is 2.25. The maximum absolute atomic E-state index is 13.1. The van der Waals surface area contributed by atoms with E-state index in [1.54, 1.807) is 0 Å². The van der Waals surface area contributed by atoms with Crippen LogP contribution in [-0.2, 0) is 25.5 Å². The van der Waals surface area contributed by atoms with Crippen LogP contribution in [0.5, 0.6) is 0 Å². The second kappa shape index (κ2) is 21.7. The third kappa shape index (κ3) is 14.9. The monoisotopic (exact) mass is 870 g/mol. The number of ether oxygens (including phenoxy) is 1. The number of rotatable bonds is 17. The Labute approximate surface area is 342 Å². The van der Waals surface area contributed by atoms with Crippen LogP contribution in [0.2, 0.25) is 10.3 Å². The molecule has 0 saturated heterocycles. The van der Waals surface area contributed by atoms with Gasteiger partial charge in [-0.1, -0.05) is 47.5 Å². The van der Waals surface area contributed by atoms with Crippen LogP contribution >= 0.6 is 23.2 Å². The third-order valence-corrected chi connectivity index (χ3v) is 8.00. The summed E-state index contributed by atoms with van der Waals surface area (Å²) in [4.78, 5) is 83.7. The number of alkyl halides is 3. The number of halogens is 5. The Bertz CT molecular complexity index is 2090. The van der Waals surface area contributed by atoms with Crippen LogP contribution in [0.4, 0.5) is 36.4 Å². The summed E-state index contributed by atoms with van der Waals surface area (Å²) < 4.78 is 43.7. The minimum atomic E-state index is -5.38. The number of hydrogen-bond donors (Lipinski definition) is 10. The van der Waals surface area contributed by atoms with Crippen LogP contribution in [-0.4, -0.2) is 93.8 Å². The van der Waals surface area contributed by atoms with E-state index in [0.717, 1.165) is 0 Å². The Morgan fingerprint density at radius 1 is 0.661 bits per heavy atom. The van der Waals surface area contributed by atoms with Crippen LogP contribution in [0.3, 0.4) is 0 Å². The van der Waals surface area contributed by atoms with Gasteiger partial charge in [-0.2, -0.15) is 23.2 Å². The van der Waals surface area contributed by atoms with Crippen LogP contribution in [0.15, 0.2) is 34.3 Å². The molecule has 3 aromatic rings. The number of carbonyl (C=O) groups is 5. The number of amides is 4. The van der Waals surface area contributed by atoms with Crippen molar-refractivity contribution in [3.05, 3.63) is 57.1 Å². The van der Waals surface area contributed by atoms with Gasteiger partial charge in [0.25, 0.3) is 5.91 Å². The molecule has 0 spiro atoms. The van der Waals surface area contributed by atoms with Gasteiger partial charge in [0.1, 0.15) is 0 Å². The van der Waals surface area contributed by atoms with E-state index in [9.17, 15) is 37.1 Å². The summed E-state index contributed by atoms with van der Waals surface area (Å²) >= 11 is 11.5. The summed E-state index contributed by atoms with van der Waals surface area (Å²) in [7, 11) is 0. The number of carbonyl (C=O) groups excluding carboxylic acids is 5. The van der Waals surface area contributed by atoms with E-state index >= 15 is 0 Å². The van der Waals surface area contributed by atoms with E-state index in [1.165, 1.54) is 24.3 Å². The van der Waals surface area contributed by atoms with Crippen molar-refractivity contribution in [2.75, 3.05) is 49.1 Å². The molecule has 4 amide bonds. The van der Waals surface area contributed by atoms with E-state index in [-0.39, 0.29) is 101 Å². The number of aromatic nitrogens is 4. The lowest BCUT2D eigenvalue weighted by Gasteiger charge is -2.19. The average Bonchev–Trinajstić information content (AvgIpc) is 3.15. The number of nitrogens with one attached hydrogen (secondary N) is 4.